The number of nitrogens with one attached hydrogen (secondary N) is 3. The van der Waals surface area contributed by atoms with E-state index in [1.165, 1.54) is 39.7 Å². The van der Waals surface area contributed by atoms with E-state index in [9.17, 15) is 19.2 Å². The van der Waals surface area contributed by atoms with Crippen LogP contribution in [-0.4, -0.2) is 48.9 Å². The van der Waals surface area contributed by atoms with Gasteiger partial charge in [0.25, 0.3) is 0 Å². The molecule has 3 amide bonds. The third kappa shape index (κ3) is 13.7. The summed E-state index contributed by atoms with van der Waals surface area (Å²) in [5, 5.41) is 7.95. The van der Waals surface area contributed by atoms with Gasteiger partial charge in [0, 0.05) is 6.42 Å². The molecule has 0 spiro atoms. The largest absolute Gasteiger partial charge is 0.467 e. The van der Waals surface area contributed by atoms with Gasteiger partial charge in [0.2, 0.25) is 17.7 Å². The first-order valence-electron chi connectivity index (χ1n) is 11.6. The second kappa shape index (κ2) is 16.6. The van der Waals surface area contributed by atoms with Crippen molar-refractivity contribution < 1.29 is 23.9 Å². The molecule has 0 aliphatic carbocycles. The van der Waals surface area contributed by atoms with Gasteiger partial charge < -0.3 is 20.7 Å². The zero-order valence-electron chi connectivity index (χ0n) is 20.2. The van der Waals surface area contributed by atoms with Crippen LogP contribution in [0, 0.1) is 5.92 Å². The highest BCUT2D eigenvalue weighted by molar-refractivity contribution is 5.93. The van der Waals surface area contributed by atoms with E-state index in [0.29, 0.717) is 12.8 Å². The molecule has 0 rings (SSSR count). The Balaban J connectivity index is 4.52. The summed E-state index contributed by atoms with van der Waals surface area (Å²) in [6.45, 7) is 9.17. The Morgan fingerprint density at radius 2 is 1.32 bits per heavy atom. The Bertz CT molecular complexity index is 565. The third-order valence-corrected chi connectivity index (χ3v) is 5.03. The van der Waals surface area contributed by atoms with Gasteiger partial charge in [0.15, 0.2) is 0 Å². The van der Waals surface area contributed by atoms with Crippen molar-refractivity contribution in [1.29, 1.82) is 0 Å². The fraction of sp³-hybridized carbons (Fsp3) is 0.826. The highest BCUT2D eigenvalue weighted by atomic mass is 16.5. The molecule has 0 aromatic rings. The number of rotatable bonds is 16. The van der Waals surface area contributed by atoms with Gasteiger partial charge in [-0.1, -0.05) is 59.3 Å². The molecule has 0 bridgehead atoms. The van der Waals surface area contributed by atoms with E-state index in [1.54, 1.807) is 6.92 Å². The number of carbonyl (C=O) groups excluding carboxylic acids is 4. The van der Waals surface area contributed by atoms with E-state index in [4.69, 9.17) is 0 Å². The number of esters is 1. The minimum atomic E-state index is -0.817. The molecule has 3 N–H and O–H groups in total. The molecule has 8 nitrogen and oxygen atoms in total. The zero-order chi connectivity index (χ0) is 23.8. The molecule has 0 unspecified atom stereocenters. The molecule has 0 saturated heterocycles. The number of ether oxygens (including phenoxy) is 1. The molecule has 0 aliphatic rings. The summed E-state index contributed by atoms with van der Waals surface area (Å²) in [5.41, 5.74) is 0. The summed E-state index contributed by atoms with van der Waals surface area (Å²) in [6.07, 6.45) is 8.63. The van der Waals surface area contributed by atoms with Crippen molar-refractivity contribution in [3.05, 3.63) is 0 Å². The molecule has 0 aromatic carbocycles. The maximum absolute atomic E-state index is 12.5. The van der Waals surface area contributed by atoms with Crippen LogP contribution < -0.4 is 16.0 Å². The van der Waals surface area contributed by atoms with E-state index >= 15 is 0 Å². The van der Waals surface area contributed by atoms with Crippen molar-refractivity contribution in [1.82, 2.24) is 16.0 Å². The maximum Gasteiger partial charge on any atom is 0.328 e. The van der Waals surface area contributed by atoms with Gasteiger partial charge in [0.05, 0.1) is 7.11 Å². The smallest absolute Gasteiger partial charge is 0.328 e. The van der Waals surface area contributed by atoms with Crippen molar-refractivity contribution in [3.8, 4) is 0 Å². The molecule has 0 aromatic heterocycles. The highest BCUT2D eigenvalue weighted by Crippen LogP contribution is 2.09. The Morgan fingerprint density at radius 3 is 1.87 bits per heavy atom. The highest BCUT2D eigenvalue weighted by Gasteiger charge is 2.27. The molecule has 180 valence electrons. The predicted octanol–water partition coefficient (Wildman–Crippen LogP) is 2.84. The summed E-state index contributed by atoms with van der Waals surface area (Å²) in [4.78, 5) is 48.7. The second-order valence-corrected chi connectivity index (χ2v) is 8.60. The first-order valence-corrected chi connectivity index (χ1v) is 11.6. The van der Waals surface area contributed by atoms with Gasteiger partial charge in [0.1, 0.15) is 18.1 Å². The lowest BCUT2D eigenvalue weighted by Crippen LogP contribution is -2.55. The predicted molar refractivity (Wildman–Crippen MR) is 121 cm³/mol. The minimum Gasteiger partial charge on any atom is -0.467 e. The van der Waals surface area contributed by atoms with Crippen molar-refractivity contribution in [2.45, 2.75) is 111 Å². The van der Waals surface area contributed by atoms with Crippen LogP contribution in [0.5, 0.6) is 0 Å². The van der Waals surface area contributed by atoms with Gasteiger partial charge in [-0.2, -0.15) is 0 Å². The van der Waals surface area contributed by atoms with Crippen LogP contribution in [0.3, 0.4) is 0 Å². The minimum absolute atomic E-state index is 0.145. The molecule has 8 heteroatoms. The number of carbonyl (C=O) groups is 4. The number of amides is 3. The molecule has 0 heterocycles. The lowest BCUT2D eigenvalue weighted by molar-refractivity contribution is -0.145. The summed E-state index contributed by atoms with van der Waals surface area (Å²) < 4.78 is 4.61. The van der Waals surface area contributed by atoms with Gasteiger partial charge in [-0.25, -0.2) is 4.79 Å². The fourth-order valence-electron chi connectivity index (χ4n) is 3.17. The van der Waals surface area contributed by atoms with Crippen LogP contribution in [-0.2, 0) is 23.9 Å². The molecule has 3 atom stereocenters. The van der Waals surface area contributed by atoms with Crippen molar-refractivity contribution in [2.75, 3.05) is 7.11 Å². The topological polar surface area (TPSA) is 114 Å². The van der Waals surface area contributed by atoms with E-state index in [2.05, 4.69) is 27.6 Å². The molecule has 0 aliphatic heterocycles. The first-order chi connectivity index (χ1) is 14.6. The Hall–Kier alpha value is -2.12. The molecule has 0 radical (unpaired) electrons. The van der Waals surface area contributed by atoms with E-state index in [-0.39, 0.29) is 11.8 Å². The molecule has 31 heavy (non-hydrogen) atoms. The van der Waals surface area contributed by atoms with E-state index < -0.39 is 35.9 Å². The van der Waals surface area contributed by atoms with Crippen LogP contribution in [0.2, 0.25) is 0 Å². The lowest BCUT2D eigenvalue weighted by Gasteiger charge is -2.23. The quantitative estimate of drug-likeness (QED) is 0.252. The normalized spacial score (nSPS) is 13.8. The van der Waals surface area contributed by atoms with Crippen LogP contribution in [0.15, 0.2) is 0 Å². The average molecular weight is 442 g/mol. The average Bonchev–Trinajstić information content (AvgIpc) is 2.71. The van der Waals surface area contributed by atoms with Crippen LogP contribution in [0.4, 0.5) is 0 Å². The SMILES string of the molecule is CCCCCCCCCC(=O)N[C@@H](C)C(=O)N[C@@H](CC(C)C)C(=O)N[C@@H](C)C(=O)OC. The van der Waals surface area contributed by atoms with E-state index in [1.807, 2.05) is 13.8 Å². The Labute approximate surface area is 187 Å². The molecular weight excluding hydrogens is 398 g/mol. The molecular formula is C23H43N3O5. The second-order valence-electron chi connectivity index (χ2n) is 8.60. The summed E-state index contributed by atoms with van der Waals surface area (Å²) in [6, 6.07) is -2.37. The number of methoxy groups -OCH3 is 1. The van der Waals surface area contributed by atoms with Crippen molar-refractivity contribution in [3.63, 3.8) is 0 Å². The summed E-state index contributed by atoms with van der Waals surface area (Å²) >= 11 is 0. The van der Waals surface area contributed by atoms with Gasteiger partial charge in [-0.3, -0.25) is 14.4 Å². The number of hydrogen-bond acceptors (Lipinski definition) is 5. The third-order valence-electron chi connectivity index (χ3n) is 5.03. The monoisotopic (exact) mass is 441 g/mol. The Kier molecular flexibility index (Phi) is 15.4. The maximum atomic E-state index is 12.5. The van der Waals surface area contributed by atoms with Crippen molar-refractivity contribution >= 4 is 23.7 Å². The molecule has 0 saturated carbocycles. The van der Waals surface area contributed by atoms with E-state index in [0.717, 1.165) is 19.3 Å². The summed E-state index contributed by atoms with van der Waals surface area (Å²) in [5.74, 6) is -1.47. The summed E-state index contributed by atoms with van der Waals surface area (Å²) in [7, 11) is 1.25. The van der Waals surface area contributed by atoms with Gasteiger partial charge in [-0.05, 0) is 32.6 Å². The standard InChI is InChI=1S/C23H43N3O5/c1-7-8-9-10-11-12-13-14-20(27)24-17(4)21(28)26-19(15-16(2)3)22(29)25-18(5)23(30)31-6/h16-19H,7-15H2,1-6H3,(H,24,27)(H,25,29)(H,26,28)/t17-,18-,19-/m0/s1. The van der Waals surface area contributed by atoms with Crippen LogP contribution >= 0.6 is 0 Å². The van der Waals surface area contributed by atoms with Crippen molar-refractivity contribution in [2.24, 2.45) is 5.92 Å². The van der Waals surface area contributed by atoms with Crippen LogP contribution in [0.1, 0.15) is 92.4 Å². The number of unbranched alkanes of at least 4 members (excludes halogenated alkanes) is 6. The van der Waals surface area contributed by atoms with Crippen LogP contribution in [0.25, 0.3) is 0 Å². The zero-order valence-corrected chi connectivity index (χ0v) is 20.2. The van der Waals surface area contributed by atoms with Gasteiger partial charge >= 0.3 is 5.97 Å². The number of hydrogen-bond donors (Lipinski definition) is 3. The Morgan fingerprint density at radius 1 is 0.742 bits per heavy atom. The van der Waals surface area contributed by atoms with Gasteiger partial charge in [-0.15, -0.1) is 0 Å². The molecule has 0 fully saturated rings. The first kappa shape index (κ1) is 28.9. The fourth-order valence-corrected chi connectivity index (χ4v) is 3.17. The lowest BCUT2D eigenvalue weighted by atomic mass is 10.0.